The number of aromatic nitrogens is 4. The molecule has 2 aliphatic rings. The number of H-pyrrole nitrogens is 2. The van der Waals surface area contributed by atoms with Crippen molar-refractivity contribution in [3.8, 4) is 0 Å². The van der Waals surface area contributed by atoms with Crippen molar-refractivity contribution in [2.45, 2.75) is 82.8 Å². The SMILES string of the molecule is Cc1cn([C@H]2C[C@H](OP(=O)(OCCCCCN)OC[C@H]3O[C@@H](n4cc(C)c(=O)[nH]c4=O)C[C@@H]3O)[C@@H](CO)O2)c(=O)[nH]c1=O. The van der Waals surface area contributed by atoms with Crippen molar-refractivity contribution in [3.63, 3.8) is 0 Å². The second-order valence-corrected chi connectivity index (χ2v) is 12.1. The third-order valence-corrected chi connectivity index (χ3v) is 8.73. The maximum atomic E-state index is 13.8. The first kappa shape index (κ1) is 33.2. The minimum Gasteiger partial charge on any atom is -0.394 e. The van der Waals surface area contributed by atoms with Crippen LogP contribution in [0.15, 0.2) is 31.6 Å². The first-order valence-electron chi connectivity index (χ1n) is 14.0. The zero-order valence-electron chi connectivity index (χ0n) is 23.9. The minimum absolute atomic E-state index is 0.0113. The van der Waals surface area contributed by atoms with E-state index in [4.69, 9.17) is 28.8 Å². The molecule has 0 spiro atoms. The number of hydrogen-bond acceptors (Lipinski definition) is 13. The molecule has 0 bridgehead atoms. The van der Waals surface area contributed by atoms with Crippen LogP contribution in [0, 0.1) is 13.8 Å². The Balaban J connectivity index is 1.47. The van der Waals surface area contributed by atoms with Crippen LogP contribution in [0.4, 0.5) is 0 Å². The van der Waals surface area contributed by atoms with Crippen LogP contribution in [0.2, 0.25) is 0 Å². The Hall–Kier alpha value is -2.73. The van der Waals surface area contributed by atoms with Crippen molar-refractivity contribution in [1.82, 2.24) is 19.1 Å². The van der Waals surface area contributed by atoms with E-state index >= 15 is 0 Å². The third kappa shape index (κ3) is 8.06. The van der Waals surface area contributed by atoms with Gasteiger partial charge in [0.15, 0.2) is 0 Å². The monoisotopic (exact) mass is 631 g/mol. The van der Waals surface area contributed by atoms with E-state index in [2.05, 4.69) is 9.97 Å². The smallest absolute Gasteiger partial charge is 0.394 e. The van der Waals surface area contributed by atoms with Gasteiger partial charge < -0.3 is 25.4 Å². The summed E-state index contributed by atoms with van der Waals surface area (Å²) in [6.07, 6.45) is -1.61. The third-order valence-electron chi connectivity index (χ3n) is 7.24. The van der Waals surface area contributed by atoms with Gasteiger partial charge in [-0.15, -0.1) is 0 Å². The van der Waals surface area contributed by atoms with Crippen LogP contribution in [0.3, 0.4) is 0 Å². The predicted octanol–water partition coefficient (Wildman–Crippen LogP) is -0.713. The number of phosphoric acid groups is 1. The Morgan fingerprint density at radius 3 is 2.09 bits per heavy atom. The molecule has 240 valence electrons. The van der Waals surface area contributed by atoms with E-state index in [0.29, 0.717) is 19.4 Å². The van der Waals surface area contributed by atoms with Gasteiger partial charge in [0, 0.05) is 36.4 Å². The standard InChI is InChI=1S/C25H38N5O12P/c1-14-10-29(24(35)27-22(14)33)20-8-16(32)19(41-20)13-39-43(37,38-7-5-3-4-6-26)42-17-9-21(40-18(17)12-31)30-11-15(2)23(34)28-25(30)36/h10-11,16-21,31-32H,3-9,12-13,26H2,1-2H3,(H,27,33,35)(H,28,34,36)/t16-,17-,18+,19+,20+,21+,43?/m0/s1. The number of aromatic amines is 2. The molecular weight excluding hydrogens is 593 g/mol. The van der Waals surface area contributed by atoms with Crippen LogP contribution < -0.4 is 28.2 Å². The van der Waals surface area contributed by atoms with E-state index in [1.807, 2.05) is 0 Å². The van der Waals surface area contributed by atoms with E-state index in [0.717, 1.165) is 15.6 Å². The van der Waals surface area contributed by atoms with Gasteiger partial charge in [0.2, 0.25) is 0 Å². The van der Waals surface area contributed by atoms with Crippen LogP contribution in [-0.2, 0) is 27.6 Å². The summed E-state index contributed by atoms with van der Waals surface area (Å²) in [7, 11) is -4.38. The first-order chi connectivity index (χ1) is 20.4. The number of nitrogens with two attached hydrogens (primary N) is 1. The zero-order valence-corrected chi connectivity index (χ0v) is 24.8. The molecular formula is C25H38N5O12P. The number of rotatable bonds is 14. The normalized spacial score (nSPS) is 27.0. The maximum absolute atomic E-state index is 13.8. The highest BCUT2D eigenvalue weighted by atomic mass is 31.2. The van der Waals surface area contributed by atoms with Gasteiger partial charge in [-0.05, 0) is 39.7 Å². The van der Waals surface area contributed by atoms with Crippen molar-refractivity contribution >= 4 is 7.82 Å². The molecule has 6 N–H and O–H groups in total. The molecule has 1 unspecified atom stereocenters. The van der Waals surface area contributed by atoms with Crippen molar-refractivity contribution in [1.29, 1.82) is 0 Å². The molecule has 0 aromatic carbocycles. The molecule has 4 heterocycles. The summed E-state index contributed by atoms with van der Waals surface area (Å²) < 4.78 is 44.7. The molecule has 2 saturated heterocycles. The van der Waals surface area contributed by atoms with Gasteiger partial charge in [-0.25, -0.2) is 14.2 Å². The summed E-state index contributed by atoms with van der Waals surface area (Å²) in [4.78, 5) is 52.6. The van der Waals surface area contributed by atoms with Crippen LogP contribution in [0.5, 0.6) is 0 Å². The molecule has 0 radical (unpaired) electrons. The van der Waals surface area contributed by atoms with Crippen molar-refractivity contribution in [2.75, 3.05) is 26.4 Å². The molecule has 18 heteroatoms. The molecule has 0 saturated carbocycles. The van der Waals surface area contributed by atoms with Crippen LogP contribution in [0.25, 0.3) is 0 Å². The summed E-state index contributed by atoms with van der Waals surface area (Å²) in [6, 6.07) is 0. The molecule has 43 heavy (non-hydrogen) atoms. The van der Waals surface area contributed by atoms with Crippen LogP contribution >= 0.6 is 7.82 Å². The number of nitrogens with zero attached hydrogens (tertiary/aromatic N) is 2. The molecule has 7 atom stereocenters. The molecule has 2 aromatic heterocycles. The molecule has 0 aliphatic carbocycles. The van der Waals surface area contributed by atoms with E-state index in [-0.39, 0.29) is 30.6 Å². The van der Waals surface area contributed by atoms with Gasteiger partial charge >= 0.3 is 19.2 Å². The second kappa shape index (κ2) is 14.4. The number of ether oxygens (including phenoxy) is 2. The summed E-state index contributed by atoms with van der Waals surface area (Å²) in [5.74, 6) is 0. The van der Waals surface area contributed by atoms with Crippen molar-refractivity contribution in [2.24, 2.45) is 5.73 Å². The number of nitrogens with one attached hydrogen (secondary N) is 2. The predicted molar refractivity (Wildman–Crippen MR) is 150 cm³/mol. The molecule has 2 aliphatic heterocycles. The summed E-state index contributed by atoms with van der Waals surface area (Å²) >= 11 is 0. The lowest BCUT2D eigenvalue weighted by Crippen LogP contribution is -2.33. The number of unbranched alkanes of at least 4 members (excludes halogenated alkanes) is 2. The highest BCUT2D eigenvalue weighted by Crippen LogP contribution is 2.53. The highest BCUT2D eigenvalue weighted by molar-refractivity contribution is 7.48. The lowest BCUT2D eigenvalue weighted by atomic mass is 10.2. The number of hydrogen-bond donors (Lipinski definition) is 5. The van der Waals surface area contributed by atoms with Gasteiger partial charge in [-0.3, -0.25) is 42.3 Å². The van der Waals surface area contributed by atoms with Gasteiger partial charge in [-0.1, -0.05) is 0 Å². The molecule has 2 aromatic rings. The lowest BCUT2D eigenvalue weighted by molar-refractivity contribution is -0.0602. The fourth-order valence-electron chi connectivity index (χ4n) is 4.81. The quantitative estimate of drug-likeness (QED) is 0.128. The lowest BCUT2D eigenvalue weighted by Gasteiger charge is -2.25. The van der Waals surface area contributed by atoms with Gasteiger partial charge in [-0.2, -0.15) is 0 Å². The minimum atomic E-state index is -4.38. The number of aliphatic hydroxyl groups excluding tert-OH is 2. The number of aryl methyl sites for hydroxylation is 2. The molecule has 17 nitrogen and oxygen atoms in total. The van der Waals surface area contributed by atoms with E-state index in [1.165, 1.54) is 26.2 Å². The Labute approximate surface area is 245 Å². The maximum Gasteiger partial charge on any atom is 0.475 e. The Morgan fingerprint density at radius 2 is 1.51 bits per heavy atom. The van der Waals surface area contributed by atoms with Crippen LogP contribution in [-0.4, -0.2) is 80.1 Å². The largest absolute Gasteiger partial charge is 0.475 e. The molecule has 0 amide bonds. The summed E-state index contributed by atoms with van der Waals surface area (Å²) in [6.45, 7) is 2.50. The Morgan fingerprint density at radius 1 is 0.930 bits per heavy atom. The average molecular weight is 632 g/mol. The fourth-order valence-corrected chi connectivity index (χ4v) is 6.24. The van der Waals surface area contributed by atoms with E-state index < -0.39 is 80.4 Å². The Kier molecular flexibility index (Phi) is 11.1. The van der Waals surface area contributed by atoms with Gasteiger partial charge in [0.25, 0.3) is 11.1 Å². The number of aliphatic hydroxyl groups is 2. The zero-order chi connectivity index (χ0) is 31.3. The highest BCUT2D eigenvalue weighted by Gasteiger charge is 2.44. The number of phosphoric ester groups is 1. The topological polar surface area (TPSA) is 239 Å². The Bertz CT molecular complexity index is 1540. The van der Waals surface area contributed by atoms with Gasteiger partial charge in [0.05, 0.1) is 25.9 Å². The summed E-state index contributed by atoms with van der Waals surface area (Å²) in [5, 5.41) is 20.5. The van der Waals surface area contributed by atoms with Gasteiger partial charge in [0.1, 0.15) is 30.8 Å². The molecule has 4 rings (SSSR count). The summed E-state index contributed by atoms with van der Waals surface area (Å²) in [5.41, 5.74) is 3.53. The molecule has 2 fully saturated rings. The second-order valence-electron chi connectivity index (χ2n) is 10.5. The van der Waals surface area contributed by atoms with Crippen molar-refractivity contribution in [3.05, 3.63) is 65.2 Å². The van der Waals surface area contributed by atoms with Crippen molar-refractivity contribution < 1.29 is 37.8 Å². The first-order valence-corrected chi connectivity index (χ1v) is 15.4. The average Bonchev–Trinajstić information content (AvgIpc) is 3.53. The fraction of sp³-hybridized carbons (Fsp3) is 0.680. The van der Waals surface area contributed by atoms with E-state index in [9.17, 15) is 34.0 Å². The van der Waals surface area contributed by atoms with Crippen LogP contribution in [0.1, 0.15) is 55.7 Å². The van der Waals surface area contributed by atoms with E-state index in [1.54, 1.807) is 0 Å².